The zero-order valence-electron chi connectivity index (χ0n) is 16.6. The number of pyridine rings is 1. The van der Waals surface area contributed by atoms with Crippen LogP contribution in [0.3, 0.4) is 0 Å². The summed E-state index contributed by atoms with van der Waals surface area (Å²) >= 11 is 0. The summed E-state index contributed by atoms with van der Waals surface area (Å²) in [6.45, 7) is 4.91. The number of piperazine rings is 1. The molecule has 0 aliphatic carbocycles. The molecule has 4 rings (SSSR count). The number of amides is 1. The number of aryl methyl sites for hydroxylation is 1. The summed E-state index contributed by atoms with van der Waals surface area (Å²) in [5.41, 5.74) is 1.86. The number of nitrogens with zero attached hydrogens (tertiary/aromatic N) is 6. The smallest absolute Gasteiger partial charge is 0.274 e. The van der Waals surface area contributed by atoms with E-state index in [1.54, 1.807) is 36.5 Å². The number of rotatable bonds is 4. The van der Waals surface area contributed by atoms with Gasteiger partial charge in [0.05, 0.1) is 11.3 Å². The lowest BCUT2D eigenvalue weighted by Crippen LogP contribution is -2.47. The van der Waals surface area contributed by atoms with Gasteiger partial charge in [0.1, 0.15) is 17.6 Å². The van der Waals surface area contributed by atoms with Gasteiger partial charge in [0.2, 0.25) is 5.95 Å². The molecule has 1 saturated heterocycles. The third-order valence-electron chi connectivity index (χ3n) is 4.91. The molecule has 0 bridgehead atoms. The minimum Gasteiger partial charge on any atom is -0.353 e. The van der Waals surface area contributed by atoms with E-state index in [1.807, 2.05) is 25.1 Å². The van der Waals surface area contributed by atoms with Gasteiger partial charge in [0, 0.05) is 38.1 Å². The molecule has 1 amide bonds. The van der Waals surface area contributed by atoms with Gasteiger partial charge in [-0.15, -0.1) is 0 Å². The molecular weight excluding hydrogens is 378 g/mol. The fraction of sp³-hybridized carbons (Fsp3) is 0.227. The first kappa shape index (κ1) is 19.3. The summed E-state index contributed by atoms with van der Waals surface area (Å²) in [7, 11) is 0. The van der Waals surface area contributed by atoms with Crippen molar-refractivity contribution in [2.75, 3.05) is 41.3 Å². The number of nitriles is 1. The van der Waals surface area contributed by atoms with Gasteiger partial charge in [-0.2, -0.15) is 5.26 Å². The fourth-order valence-corrected chi connectivity index (χ4v) is 3.36. The summed E-state index contributed by atoms with van der Waals surface area (Å²) in [5, 5.41) is 12.0. The Morgan fingerprint density at radius 2 is 1.77 bits per heavy atom. The minimum absolute atomic E-state index is 0.275. The molecule has 3 aromatic rings. The van der Waals surface area contributed by atoms with Crippen LogP contribution in [0.5, 0.6) is 0 Å². The van der Waals surface area contributed by atoms with E-state index in [-0.39, 0.29) is 11.6 Å². The quantitative estimate of drug-likeness (QED) is 0.720. The zero-order valence-corrected chi connectivity index (χ0v) is 16.6. The second-order valence-electron chi connectivity index (χ2n) is 6.97. The number of carbonyl (C=O) groups excluding carboxylic acids is 1. The van der Waals surface area contributed by atoms with Crippen molar-refractivity contribution < 1.29 is 4.79 Å². The predicted molar refractivity (Wildman–Crippen MR) is 115 cm³/mol. The zero-order chi connectivity index (χ0) is 20.9. The Hall–Kier alpha value is -3.99. The molecular formula is C22H21N7O. The summed E-state index contributed by atoms with van der Waals surface area (Å²) in [5.74, 6) is 1.13. The van der Waals surface area contributed by atoms with E-state index in [9.17, 15) is 10.1 Å². The van der Waals surface area contributed by atoms with Crippen LogP contribution in [0, 0.1) is 18.3 Å². The molecule has 0 radical (unpaired) electrons. The van der Waals surface area contributed by atoms with Crippen LogP contribution in [0.4, 0.5) is 17.5 Å². The SMILES string of the molecule is Cc1cc(C(=O)Nc2ccccc2C#N)nc(N2CCN(c3ccccn3)CC2)n1. The highest BCUT2D eigenvalue weighted by molar-refractivity contribution is 6.03. The van der Waals surface area contributed by atoms with Crippen molar-refractivity contribution in [3.8, 4) is 6.07 Å². The maximum Gasteiger partial charge on any atom is 0.274 e. The molecule has 0 atom stereocenters. The standard InChI is InChI=1S/C22H21N7O/c1-16-14-19(21(30)26-18-7-3-2-6-17(18)15-23)27-22(25-16)29-12-10-28(11-13-29)20-8-4-5-9-24-20/h2-9,14H,10-13H2,1H3,(H,26,30). The Balaban J connectivity index is 1.48. The van der Waals surface area contributed by atoms with Gasteiger partial charge < -0.3 is 15.1 Å². The van der Waals surface area contributed by atoms with Crippen LogP contribution in [0.25, 0.3) is 0 Å². The van der Waals surface area contributed by atoms with E-state index in [0.29, 0.717) is 22.9 Å². The monoisotopic (exact) mass is 399 g/mol. The van der Waals surface area contributed by atoms with Crippen molar-refractivity contribution in [1.82, 2.24) is 15.0 Å². The number of para-hydroxylation sites is 1. The molecule has 1 N–H and O–H groups in total. The Morgan fingerprint density at radius 1 is 1.03 bits per heavy atom. The largest absolute Gasteiger partial charge is 0.353 e. The van der Waals surface area contributed by atoms with E-state index in [4.69, 9.17) is 0 Å². The van der Waals surface area contributed by atoms with Crippen LogP contribution in [-0.2, 0) is 0 Å². The molecule has 3 heterocycles. The number of aromatic nitrogens is 3. The summed E-state index contributed by atoms with van der Waals surface area (Å²) in [6, 6.07) is 16.5. The van der Waals surface area contributed by atoms with Crippen molar-refractivity contribution in [1.29, 1.82) is 5.26 Å². The van der Waals surface area contributed by atoms with Gasteiger partial charge in [0.25, 0.3) is 5.91 Å². The molecule has 8 nitrogen and oxygen atoms in total. The lowest BCUT2D eigenvalue weighted by molar-refractivity contribution is 0.102. The van der Waals surface area contributed by atoms with Crippen LogP contribution < -0.4 is 15.1 Å². The maximum atomic E-state index is 12.8. The normalized spacial score (nSPS) is 13.6. The first-order valence-electron chi connectivity index (χ1n) is 9.71. The highest BCUT2D eigenvalue weighted by Gasteiger charge is 2.21. The van der Waals surface area contributed by atoms with Gasteiger partial charge in [0.15, 0.2) is 0 Å². The Kier molecular flexibility index (Phi) is 5.52. The highest BCUT2D eigenvalue weighted by Crippen LogP contribution is 2.18. The number of anilines is 3. The average Bonchev–Trinajstić information content (AvgIpc) is 2.79. The van der Waals surface area contributed by atoms with Crippen LogP contribution in [0.15, 0.2) is 54.7 Å². The third kappa shape index (κ3) is 4.20. The van der Waals surface area contributed by atoms with Crippen molar-refractivity contribution in [3.63, 3.8) is 0 Å². The number of hydrogen-bond acceptors (Lipinski definition) is 7. The van der Waals surface area contributed by atoms with Crippen molar-refractivity contribution in [2.24, 2.45) is 0 Å². The van der Waals surface area contributed by atoms with Crippen molar-refractivity contribution in [3.05, 3.63) is 71.7 Å². The second kappa shape index (κ2) is 8.57. The van der Waals surface area contributed by atoms with E-state index < -0.39 is 0 Å². The molecule has 2 aromatic heterocycles. The van der Waals surface area contributed by atoms with Gasteiger partial charge in [-0.05, 0) is 37.3 Å². The van der Waals surface area contributed by atoms with Crippen LogP contribution >= 0.6 is 0 Å². The number of hydrogen-bond donors (Lipinski definition) is 1. The first-order valence-corrected chi connectivity index (χ1v) is 9.71. The van der Waals surface area contributed by atoms with E-state index >= 15 is 0 Å². The van der Waals surface area contributed by atoms with E-state index in [2.05, 4.69) is 36.1 Å². The first-order chi connectivity index (χ1) is 14.6. The second-order valence-corrected chi connectivity index (χ2v) is 6.97. The molecule has 150 valence electrons. The van der Waals surface area contributed by atoms with Crippen LogP contribution in [0.1, 0.15) is 21.7 Å². The van der Waals surface area contributed by atoms with Gasteiger partial charge >= 0.3 is 0 Å². The third-order valence-corrected chi connectivity index (χ3v) is 4.91. The Labute approximate surface area is 174 Å². The molecule has 0 unspecified atom stereocenters. The minimum atomic E-state index is -0.364. The van der Waals surface area contributed by atoms with Gasteiger partial charge in [-0.25, -0.2) is 15.0 Å². The number of benzene rings is 1. The summed E-state index contributed by atoms with van der Waals surface area (Å²) in [4.78, 5) is 30.5. The fourth-order valence-electron chi connectivity index (χ4n) is 3.36. The predicted octanol–water partition coefficient (Wildman–Crippen LogP) is 2.63. The molecule has 0 saturated carbocycles. The van der Waals surface area contributed by atoms with Gasteiger partial charge in [-0.3, -0.25) is 4.79 Å². The molecule has 30 heavy (non-hydrogen) atoms. The maximum absolute atomic E-state index is 12.8. The lowest BCUT2D eigenvalue weighted by atomic mass is 10.2. The van der Waals surface area contributed by atoms with Crippen LogP contribution in [0.2, 0.25) is 0 Å². The Morgan fingerprint density at radius 3 is 2.50 bits per heavy atom. The Bertz CT molecular complexity index is 1090. The van der Waals surface area contributed by atoms with Crippen molar-refractivity contribution >= 4 is 23.4 Å². The summed E-state index contributed by atoms with van der Waals surface area (Å²) in [6.07, 6.45) is 1.79. The molecule has 1 aliphatic heterocycles. The molecule has 1 fully saturated rings. The number of nitrogens with one attached hydrogen (secondary N) is 1. The molecule has 8 heteroatoms. The van der Waals surface area contributed by atoms with E-state index in [1.165, 1.54) is 0 Å². The lowest BCUT2D eigenvalue weighted by Gasteiger charge is -2.35. The van der Waals surface area contributed by atoms with E-state index in [0.717, 1.165) is 32.0 Å². The average molecular weight is 399 g/mol. The van der Waals surface area contributed by atoms with Crippen molar-refractivity contribution in [2.45, 2.75) is 6.92 Å². The topological polar surface area (TPSA) is 98.0 Å². The van der Waals surface area contributed by atoms with Gasteiger partial charge in [-0.1, -0.05) is 18.2 Å². The summed E-state index contributed by atoms with van der Waals surface area (Å²) < 4.78 is 0. The van der Waals surface area contributed by atoms with Crippen LogP contribution in [-0.4, -0.2) is 47.0 Å². The number of carbonyl (C=O) groups is 1. The molecule has 1 aliphatic rings. The highest BCUT2D eigenvalue weighted by atomic mass is 16.1. The molecule has 0 spiro atoms. The molecule has 1 aromatic carbocycles.